The number of halogens is 1. The van der Waals surface area contributed by atoms with Crippen LogP contribution in [0.5, 0.6) is 11.5 Å². The number of nitrogens with two attached hydrogens (primary N) is 1. The van der Waals surface area contributed by atoms with Gasteiger partial charge in [-0.25, -0.2) is 0 Å². The highest BCUT2D eigenvalue weighted by molar-refractivity contribution is 14.1. The average Bonchev–Trinajstić information content (AvgIpc) is 2.42. The van der Waals surface area contributed by atoms with E-state index in [1.807, 2.05) is 6.92 Å². The van der Waals surface area contributed by atoms with E-state index in [1.54, 1.807) is 0 Å². The fraction of sp³-hybridized carbons (Fsp3) is 0.647. The van der Waals surface area contributed by atoms with Crippen LogP contribution >= 0.6 is 22.6 Å². The first-order valence-electron chi connectivity index (χ1n) is 7.98. The normalized spacial score (nSPS) is 11.0. The van der Waals surface area contributed by atoms with Gasteiger partial charge in [-0.15, -0.1) is 0 Å². The third-order valence-electron chi connectivity index (χ3n) is 3.13. The number of rotatable bonds is 10. The monoisotopic (exact) mass is 406 g/mol. The molecule has 0 aliphatic heterocycles. The van der Waals surface area contributed by atoms with Crippen LogP contribution in [0.25, 0.3) is 0 Å². The Morgan fingerprint density at radius 2 is 1.95 bits per heavy atom. The Hall–Kier alpha value is -0.490. The zero-order chi connectivity index (χ0) is 15.7. The molecule has 1 rings (SSSR count). The molecule has 0 aliphatic rings. The summed E-state index contributed by atoms with van der Waals surface area (Å²) in [5, 5.41) is 2.35. The van der Waals surface area contributed by atoms with Crippen LogP contribution in [0, 0.1) is 9.49 Å². The van der Waals surface area contributed by atoms with Gasteiger partial charge in [0.25, 0.3) is 0 Å². The second-order valence-electron chi connectivity index (χ2n) is 5.66. The van der Waals surface area contributed by atoms with Crippen LogP contribution in [0.2, 0.25) is 0 Å². The lowest BCUT2D eigenvalue weighted by molar-refractivity contribution is -0.675. The van der Waals surface area contributed by atoms with E-state index >= 15 is 0 Å². The molecule has 0 saturated carbocycles. The minimum atomic E-state index is 0.666. The summed E-state index contributed by atoms with van der Waals surface area (Å²) >= 11 is 2.35. The third kappa shape index (κ3) is 6.87. The van der Waals surface area contributed by atoms with Gasteiger partial charge in [0.15, 0.2) is 11.5 Å². The molecular weight excluding hydrogens is 377 g/mol. The zero-order valence-electron chi connectivity index (χ0n) is 13.7. The van der Waals surface area contributed by atoms with Crippen LogP contribution in [-0.4, -0.2) is 19.8 Å². The summed E-state index contributed by atoms with van der Waals surface area (Å²) in [6.07, 6.45) is 2.22. The van der Waals surface area contributed by atoms with Crippen molar-refractivity contribution in [3.63, 3.8) is 0 Å². The maximum Gasteiger partial charge on any atom is 0.174 e. The van der Waals surface area contributed by atoms with Gasteiger partial charge in [-0.1, -0.05) is 27.2 Å². The summed E-state index contributed by atoms with van der Waals surface area (Å²) in [6.45, 7) is 12.2. The molecule has 0 heterocycles. The number of unbranched alkanes of at least 4 members (excludes halogenated alkanes) is 1. The Morgan fingerprint density at radius 3 is 2.57 bits per heavy atom. The Bertz CT molecular complexity index is 421. The summed E-state index contributed by atoms with van der Waals surface area (Å²) in [6, 6.07) is 4.34. The molecule has 3 nitrogen and oxygen atoms in total. The quantitative estimate of drug-likeness (QED) is 0.476. The summed E-state index contributed by atoms with van der Waals surface area (Å²) in [4.78, 5) is 0. The predicted molar refractivity (Wildman–Crippen MR) is 96.1 cm³/mol. The predicted octanol–water partition coefficient (Wildman–Crippen LogP) is 3.59. The summed E-state index contributed by atoms with van der Waals surface area (Å²) in [5.74, 6) is 2.50. The molecule has 0 aromatic heterocycles. The number of ether oxygens (including phenoxy) is 2. The van der Waals surface area contributed by atoms with Crippen molar-refractivity contribution in [1.82, 2.24) is 0 Å². The average molecular weight is 406 g/mol. The lowest BCUT2D eigenvalue weighted by Crippen LogP contribution is -2.83. The molecule has 0 fully saturated rings. The minimum Gasteiger partial charge on any atom is -0.490 e. The van der Waals surface area contributed by atoms with Gasteiger partial charge in [0.05, 0.1) is 23.3 Å². The molecule has 0 radical (unpaired) electrons. The Balaban J connectivity index is 2.79. The Labute approximate surface area is 142 Å². The molecule has 0 saturated heterocycles. The van der Waals surface area contributed by atoms with Crippen LogP contribution in [-0.2, 0) is 6.54 Å². The summed E-state index contributed by atoms with van der Waals surface area (Å²) < 4.78 is 12.8. The van der Waals surface area contributed by atoms with E-state index in [9.17, 15) is 0 Å². The maximum absolute atomic E-state index is 5.92. The van der Waals surface area contributed by atoms with Crippen molar-refractivity contribution < 1.29 is 14.8 Å². The van der Waals surface area contributed by atoms with Gasteiger partial charge in [-0.2, -0.15) is 0 Å². The maximum atomic E-state index is 5.92. The molecular formula is C17H29INO2+. The van der Waals surface area contributed by atoms with Crippen molar-refractivity contribution in [2.75, 3.05) is 19.8 Å². The van der Waals surface area contributed by atoms with Gasteiger partial charge in [0.1, 0.15) is 6.54 Å². The van der Waals surface area contributed by atoms with Gasteiger partial charge in [-0.05, 0) is 48.1 Å². The molecule has 1 aromatic rings. The van der Waals surface area contributed by atoms with Crippen molar-refractivity contribution in [3.05, 3.63) is 21.3 Å². The van der Waals surface area contributed by atoms with Gasteiger partial charge in [0.2, 0.25) is 0 Å². The first-order valence-corrected chi connectivity index (χ1v) is 9.06. The molecule has 21 heavy (non-hydrogen) atoms. The van der Waals surface area contributed by atoms with Gasteiger partial charge >= 0.3 is 0 Å². The van der Waals surface area contributed by atoms with Gasteiger partial charge in [0, 0.05) is 11.5 Å². The standard InChI is InChI=1S/C17H28INO2/c1-5-7-8-21-17-15(18)9-14(10-16(17)20-6-2)12-19-11-13(3)4/h9-10,13,19H,5-8,11-12H2,1-4H3/p+1. The number of quaternary nitrogens is 1. The summed E-state index contributed by atoms with van der Waals surface area (Å²) in [7, 11) is 0. The second-order valence-corrected chi connectivity index (χ2v) is 6.82. The first kappa shape index (κ1) is 18.6. The molecule has 0 spiro atoms. The Morgan fingerprint density at radius 1 is 1.19 bits per heavy atom. The largest absolute Gasteiger partial charge is 0.490 e. The smallest absolute Gasteiger partial charge is 0.174 e. The number of benzene rings is 1. The van der Waals surface area contributed by atoms with Gasteiger partial charge in [-0.3, -0.25) is 0 Å². The van der Waals surface area contributed by atoms with Crippen LogP contribution in [0.15, 0.2) is 12.1 Å². The van der Waals surface area contributed by atoms with E-state index in [-0.39, 0.29) is 0 Å². The topological polar surface area (TPSA) is 35.1 Å². The molecule has 0 atom stereocenters. The van der Waals surface area contributed by atoms with Crippen LogP contribution < -0.4 is 14.8 Å². The number of hydrogen-bond acceptors (Lipinski definition) is 2. The number of hydrogen-bond donors (Lipinski definition) is 1. The van der Waals surface area contributed by atoms with E-state index in [0.717, 1.165) is 47.6 Å². The molecule has 120 valence electrons. The lowest BCUT2D eigenvalue weighted by Gasteiger charge is -2.15. The first-order chi connectivity index (χ1) is 10.1. The van der Waals surface area contributed by atoms with Crippen molar-refractivity contribution in [2.45, 2.75) is 47.1 Å². The fourth-order valence-electron chi connectivity index (χ4n) is 2.04. The molecule has 1 aromatic carbocycles. The van der Waals surface area contributed by atoms with Gasteiger partial charge < -0.3 is 14.8 Å². The van der Waals surface area contributed by atoms with Crippen molar-refractivity contribution in [1.29, 1.82) is 0 Å². The highest BCUT2D eigenvalue weighted by atomic mass is 127. The SMILES string of the molecule is CCCCOc1c(I)cc(C[NH2+]CC(C)C)cc1OCC. The second kappa shape index (κ2) is 10.3. The fourth-order valence-corrected chi connectivity index (χ4v) is 2.87. The minimum absolute atomic E-state index is 0.666. The lowest BCUT2D eigenvalue weighted by atomic mass is 10.1. The van der Waals surface area contributed by atoms with E-state index < -0.39 is 0 Å². The highest BCUT2D eigenvalue weighted by Crippen LogP contribution is 2.34. The summed E-state index contributed by atoms with van der Waals surface area (Å²) in [5.41, 5.74) is 1.30. The zero-order valence-corrected chi connectivity index (χ0v) is 15.9. The third-order valence-corrected chi connectivity index (χ3v) is 3.93. The molecule has 2 N–H and O–H groups in total. The van der Waals surface area contributed by atoms with Crippen LogP contribution in [0.3, 0.4) is 0 Å². The van der Waals surface area contributed by atoms with Crippen molar-refractivity contribution in [3.8, 4) is 11.5 Å². The molecule has 4 heteroatoms. The Kier molecular flexibility index (Phi) is 9.08. The highest BCUT2D eigenvalue weighted by Gasteiger charge is 2.13. The van der Waals surface area contributed by atoms with Crippen LogP contribution in [0.1, 0.15) is 46.1 Å². The van der Waals surface area contributed by atoms with E-state index in [1.165, 1.54) is 5.56 Å². The van der Waals surface area contributed by atoms with Crippen molar-refractivity contribution in [2.24, 2.45) is 5.92 Å². The molecule has 0 amide bonds. The van der Waals surface area contributed by atoms with E-state index in [4.69, 9.17) is 9.47 Å². The van der Waals surface area contributed by atoms with E-state index in [2.05, 4.69) is 60.8 Å². The molecule has 0 bridgehead atoms. The van der Waals surface area contributed by atoms with E-state index in [0.29, 0.717) is 12.5 Å². The molecule has 0 unspecified atom stereocenters. The van der Waals surface area contributed by atoms with Crippen LogP contribution in [0.4, 0.5) is 0 Å². The molecule has 0 aliphatic carbocycles. The van der Waals surface area contributed by atoms with Crippen molar-refractivity contribution >= 4 is 22.6 Å².